The van der Waals surface area contributed by atoms with Gasteiger partial charge in [-0.3, -0.25) is 19.9 Å². The van der Waals surface area contributed by atoms with E-state index in [4.69, 9.17) is 33.3 Å². The summed E-state index contributed by atoms with van der Waals surface area (Å²) < 4.78 is 22.4. The Bertz CT molecular complexity index is 2230. The maximum absolute atomic E-state index is 15.0. The molecule has 0 saturated carbocycles. The van der Waals surface area contributed by atoms with Crippen molar-refractivity contribution in [2.75, 3.05) is 11.5 Å². The van der Waals surface area contributed by atoms with Crippen molar-refractivity contribution in [2.24, 2.45) is 10.9 Å². The maximum Gasteiger partial charge on any atom is 0.350 e. The van der Waals surface area contributed by atoms with E-state index in [-0.39, 0.29) is 57.5 Å². The van der Waals surface area contributed by atoms with Crippen molar-refractivity contribution in [2.45, 2.75) is 44.0 Å². The monoisotopic (exact) mass is 770 g/mol. The van der Waals surface area contributed by atoms with Crippen molar-refractivity contribution < 1.29 is 43.2 Å². The molecule has 6 rings (SSSR count). The molecule has 1 fully saturated rings. The second-order valence-electron chi connectivity index (χ2n) is 12.1. The first-order valence-corrected chi connectivity index (χ1v) is 17.3. The van der Waals surface area contributed by atoms with Gasteiger partial charge in [0.15, 0.2) is 24.1 Å². The third kappa shape index (κ3) is 6.86. The van der Waals surface area contributed by atoms with E-state index in [0.717, 1.165) is 27.9 Å². The number of benzene rings is 1. The third-order valence-electron chi connectivity index (χ3n) is 8.20. The molecule has 2 atom stereocenters. The number of hydrogen-bond donors (Lipinski definition) is 5. The summed E-state index contributed by atoms with van der Waals surface area (Å²) in [6, 6.07) is 4.99. The second kappa shape index (κ2) is 13.8. The molecule has 3 aromatic heterocycles. The van der Waals surface area contributed by atoms with Gasteiger partial charge in [-0.15, -0.1) is 11.8 Å². The Morgan fingerprint density at radius 1 is 1.33 bits per heavy atom. The Morgan fingerprint density at radius 3 is 2.71 bits per heavy atom. The molecule has 7 N–H and O–H groups in total. The van der Waals surface area contributed by atoms with E-state index >= 15 is 0 Å². The number of amidine groups is 1. The standard InChI is InChI=1S/C31H28ClFN10O7S2/c1-31(2,29(48)49)50-39-20(24-38-30(36)52-40-24)25(44)37-21-26(45)43-22(28(46)47)15(12-51-27(21)43)9-41-5-3-13-4-6-42(19(13)11-41)10-16-17(32)7-14(23(34)35)8-18(16)33/h3-8,11,21,27H,9-10,12H2,1-2H3,(H7-,34,35,36,37,38,40,44,46,47,48,49)/t21-,27-/m1/s1. The third-order valence-corrected chi connectivity index (χ3v) is 10.4. The number of amides is 2. The number of carbonyl (C=O) groups excluding carboxylic acids is 3. The number of nitrogens with one attached hydrogen (secondary N) is 2. The van der Waals surface area contributed by atoms with Crippen molar-refractivity contribution in [1.82, 2.24) is 24.1 Å². The van der Waals surface area contributed by atoms with Crippen LogP contribution in [0.1, 0.15) is 30.8 Å². The second-order valence-corrected chi connectivity index (χ2v) is 14.4. The summed E-state index contributed by atoms with van der Waals surface area (Å²) in [6.07, 6.45) is 5.22. The van der Waals surface area contributed by atoms with Gasteiger partial charge in [-0.2, -0.15) is 13.9 Å². The van der Waals surface area contributed by atoms with E-state index in [0.29, 0.717) is 11.1 Å². The minimum Gasteiger partial charge on any atom is -0.543 e. The van der Waals surface area contributed by atoms with Gasteiger partial charge in [-0.1, -0.05) is 16.8 Å². The lowest BCUT2D eigenvalue weighted by molar-refractivity contribution is -0.687. The van der Waals surface area contributed by atoms with E-state index in [2.05, 4.69) is 19.8 Å². The SMILES string of the molecule is CC(C)(ON=C(C(=O)N[C@@H]1C(=O)N2C(C(=O)[O-])=C(C[n+]3ccc4ccn(Cc5c(F)cc(C(=N)N)cc5Cl)c4c3)CS[C@H]12)c1nsc(N)n1)C(=O)O. The fourth-order valence-corrected chi connectivity index (χ4v) is 7.46. The number of thioether (sulfide) groups is 1. The van der Waals surface area contributed by atoms with Gasteiger partial charge in [0.1, 0.15) is 28.6 Å². The number of pyridine rings is 1. The van der Waals surface area contributed by atoms with Crippen molar-refractivity contribution in [1.29, 1.82) is 5.41 Å². The van der Waals surface area contributed by atoms with Gasteiger partial charge >= 0.3 is 5.97 Å². The summed E-state index contributed by atoms with van der Waals surface area (Å²) in [5.74, 6) is -5.73. The molecule has 21 heteroatoms. The number of nitrogens with two attached hydrogens (primary N) is 2. The topological polar surface area (TPSA) is 259 Å². The number of oxime groups is 1. The van der Waals surface area contributed by atoms with Gasteiger partial charge in [-0.05, 0) is 32.0 Å². The van der Waals surface area contributed by atoms with Gasteiger partial charge in [0, 0.05) is 56.7 Å². The van der Waals surface area contributed by atoms with Crippen molar-refractivity contribution in [3.8, 4) is 0 Å². The number of anilines is 1. The molecule has 1 aromatic carbocycles. The Hall–Kier alpha value is -5.60. The molecule has 0 radical (unpaired) electrons. The van der Waals surface area contributed by atoms with Gasteiger partial charge in [0.05, 0.1) is 18.2 Å². The number of carboxylic acids is 2. The lowest BCUT2D eigenvalue weighted by atomic mass is 10.0. The van der Waals surface area contributed by atoms with Crippen molar-refractivity contribution in [3.05, 3.63) is 81.9 Å². The van der Waals surface area contributed by atoms with E-state index in [1.54, 1.807) is 33.8 Å². The first kappa shape index (κ1) is 36.2. The number of nitrogen functional groups attached to an aromatic ring is 2. The van der Waals surface area contributed by atoms with Crippen LogP contribution in [0.25, 0.3) is 10.9 Å². The summed E-state index contributed by atoms with van der Waals surface area (Å²) >= 11 is 8.30. The van der Waals surface area contributed by atoms with Crippen LogP contribution in [0.2, 0.25) is 5.02 Å². The van der Waals surface area contributed by atoms with Crippen LogP contribution in [0.15, 0.2) is 59.3 Å². The van der Waals surface area contributed by atoms with E-state index in [9.17, 15) is 33.8 Å². The predicted molar refractivity (Wildman–Crippen MR) is 184 cm³/mol. The summed E-state index contributed by atoms with van der Waals surface area (Å²) in [7, 11) is 0. The highest BCUT2D eigenvalue weighted by Gasteiger charge is 2.53. The fraction of sp³-hybridized carbons (Fsp3) is 0.258. The zero-order chi connectivity index (χ0) is 37.6. The van der Waals surface area contributed by atoms with Crippen LogP contribution in [0.3, 0.4) is 0 Å². The van der Waals surface area contributed by atoms with Gasteiger partial charge < -0.3 is 41.2 Å². The number of rotatable bonds is 12. The summed E-state index contributed by atoms with van der Waals surface area (Å²) in [5, 5.41) is 35.6. The highest BCUT2D eigenvalue weighted by molar-refractivity contribution is 8.00. The molecule has 0 unspecified atom stereocenters. The zero-order valence-corrected chi connectivity index (χ0v) is 29.5. The van der Waals surface area contributed by atoms with Crippen LogP contribution in [-0.4, -0.2) is 82.0 Å². The predicted octanol–water partition coefficient (Wildman–Crippen LogP) is 0.175. The molecule has 1 saturated heterocycles. The fourth-order valence-electron chi connectivity index (χ4n) is 5.42. The average molecular weight is 771 g/mol. The van der Waals surface area contributed by atoms with Gasteiger partial charge in [0.25, 0.3) is 11.8 Å². The Balaban J connectivity index is 1.22. The number of aromatic nitrogens is 4. The van der Waals surface area contributed by atoms with E-state index in [1.807, 2.05) is 6.07 Å². The van der Waals surface area contributed by atoms with E-state index < -0.39 is 52.3 Å². The highest BCUT2D eigenvalue weighted by atomic mass is 35.5. The molecule has 4 aromatic rings. The minimum absolute atomic E-state index is 0.0121. The molecule has 2 aliphatic rings. The summed E-state index contributed by atoms with van der Waals surface area (Å²) in [5.41, 5.74) is 9.82. The molecule has 0 spiro atoms. The molecule has 270 valence electrons. The largest absolute Gasteiger partial charge is 0.543 e. The van der Waals surface area contributed by atoms with Crippen molar-refractivity contribution in [3.63, 3.8) is 0 Å². The molecule has 5 heterocycles. The number of carbonyl (C=O) groups is 4. The normalized spacial score (nSPS) is 17.5. The summed E-state index contributed by atoms with van der Waals surface area (Å²) in [4.78, 5) is 60.7. The number of fused-ring (bicyclic) bond motifs is 2. The van der Waals surface area contributed by atoms with Crippen molar-refractivity contribution >= 4 is 86.2 Å². The first-order chi connectivity index (χ1) is 24.5. The first-order valence-electron chi connectivity index (χ1n) is 15.1. The van der Waals surface area contributed by atoms with Crippen LogP contribution in [0.4, 0.5) is 9.52 Å². The number of β-lactam (4-membered cyclic amide) rings is 1. The molecule has 52 heavy (non-hydrogen) atoms. The van der Waals surface area contributed by atoms with Crippen LogP contribution in [0.5, 0.6) is 0 Å². The smallest absolute Gasteiger partial charge is 0.350 e. The Labute approximate surface area is 306 Å². The molecule has 17 nitrogen and oxygen atoms in total. The Kier molecular flexibility index (Phi) is 9.64. The van der Waals surface area contributed by atoms with Gasteiger partial charge in [0.2, 0.25) is 17.1 Å². The number of nitrogens with zero attached hydrogens (tertiary/aromatic N) is 6. The number of carboxylic acid groups (broad SMARTS) is 2. The lowest BCUT2D eigenvalue weighted by Crippen LogP contribution is -2.71. The van der Waals surface area contributed by atoms with E-state index in [1.165, 1.54) is 31.7 Å². The number of aliphatic carboxylic acids is 2. The quantitative estimate of drug-likeness (QED) is 0.0425. The Morgan fingerprint density at radius 2 is 2.08 bits per heavy atom. The molecule has 2 aliphatic heterocycles. The molecule has 0 bridgehead atoms. The zero-order valence-electron chi connectivity index (χ0n) is 27.1. The van der Waals surface area contributed by atoms with Crippen LogP contribution >= 0.6 is 34.9 Å². The average Bonchev–Trinajstić information content (AvgIpc) is 3.70. The molecular weight excluding hydrogens is 743 g/mol. The molecular formula is C31H28ClFN10O7S2. The van der Waals surface area contributed by atoms with Crippen LogP contribution in [-0.2, 0) is 37.1 Å². The van der Waals surface area contributed by atoms with Gasteiger partial charge in [-0.25, -0.2) is 9.18 Å². The molecule has 0 aliphatic carbocycles. The molecule has 2 amide bonds. The number of halogens is 2. The highest BCUT2D eigenvalue weighted by Crippen LogP contribution is 2.40. The van der Waals surface area contributed by atoms with Crippen LogP contribution < -0.4 is 26.5 Å². The maximum atomic E-state index is 15.0. The minimum atomic E-state index is -1.83. The number of hydrogen-bond acceptors (Lipinski definition) is 13. The summed E-state index contributed by atoms with van der Waals surface area (Å²) in [6.45, 7) is 2.52. The van der Waals surface area contributed by atoms with Crippen LogP contribution in [0, 0.1) is 11.2 Å². The lowest BCUT2D eigenvalue weighted by Gasteiger charge is -2.50.